The molecule has 0 aliphatic heterocycles. The first kappa shape index (κ1) is 12.7. The molecule has 0 radical (unpaired) electrons. The van der Waals surface area contributed by atoms with Gasteiger partial charge in [-0.05, 0) is 36.8 Å². The van der Waals surface area contributed by atoms with Gasteiger partial charge in [0.2, 0.25) is 0 Å². The van der Waals surface area contributed by atoms with E-state index in [2.05, 4.69) is 22.5 Å². The maximum absolute atomic E-state index is 9.98. The average Bonchev–Trinajstić information content (AvgIpc) is 2.29. The molecule has 2 N–H and O–H groups in total. The van der Waals surface area contributed by atoms with Crippen LogP contribution in [0, 0.1) is 6.92 Å². The lowest BCUT2D eigenvalue weighted by atomic mass is 9.96. The van der Waals surface area contributed by atoms with Crippen molar-refractivity contribution < 1.29 is 10.2 Å². The fourth-order valence-corrected chi connectivity index (χ4v) is 2.21. The van der Waals surface area contributed by atoms with Gasteiger partial charge in [-0.2, -0.15) is 0 Å². The first-order chi connectivity index (χ1) is 8.49. The van der Waals surface area contributed by atoms with Gasteiger partial charge < -0.3 is 10.2 Å². The van der Waals surface area contributed by atoms with Crippen molar-refractivity contribution >= 4 is 21.7 Å². The highest BCUT2D eigenvalue weighted by molar-refractivity contribution is 9.10. The van der Waals surface area contributed by atoms with Crippen LogP contribution in [0.15, 0.2) is 47.4 Å². The van der Waals surface area contributed by atoms with Gasteiger partial charge in [0.15, 0.2) is 0 Å². The molecule has 0 aliphatic rings. The van der Waals surface area contributed by atoms with Gasteiger partial charge in [0, 0.05) is 15.6 Å². The van der Waals surface area contributed by atoms with Crippen LogP contribution in [0.5, 0.6) is 5.75 Å². The largest absolute Gasteiger partial charge is 0.508 e. The molecule has 0 bridgehead atoms. The Labute approximate surface area is 114 Å². The summed E-state index contributed by atoms with van der Waals surface area (Å²) in [6.07, 6.45) is 0. The Balaban J connectivity index is 2.67. The molecule has 2 rings (SSSR count). The summed E-state index contributed by atoms with van der Waals surface area (Å²) in [7, 11) is 0. The van der Waals surface area contributed by atoms with Gasteiger partial charge in [0.05, 0.1) is 0 Å². The molecule has 2 aromatic carbocycles. The van der Waals surface area contributed by atoms with E-state index in [4.69, 9.17) is 0 Å². The van der Waals surface area contributed by atoms with E-state index in [9.17, 15) is 10.2 Å². The van der Waals surface area contributed by atoms with Crippen molar-refractivity contribution in [1.82, 2.24) is 0 Å². The molecule has 0 heterocycles. The van der Waals surface area contributed by atoms with Gasteiger partial charge in [-0.25, -0.2) is 0 Å². The minimum atomic E-state index is -0.00369. The van der Waals surface area contributed by atoms with Gasteiger partial charge in [-0.1, -0.05) is 40.2 Å². The van der Waals surface area contributed by atoms with E-state index in [0.717, 1.165) is 15.6 Å². The normalized spacial score (nSPS) is 10.3. The number of aliphatic hydroxyl groups is 1. The molecule has 0 unspecified atom stereocenters. The molecule has 0 aromatic heterocycles. The number of hydrogen-bond donors (Lipinski definition) is 2. The van der Waals surface area contributed by atoms with Crippen molar-refractivity contribution in [2.75, 3.05) is 0 Å². The van der Waals surface area contributed by atoms with Gasteiger partial charge in [-0.15, -0.1) is 0 Å². The molecule has 2 nitrogen and oxygen atoms in total. The lowest BCUT2D eigenvalue weighted by molar-refractivity contribution is 0.477. The molecule has 0 saturated heterocycles. The summed E-state index contributed by atoms with van der Waals surface area (Å²) < 4.78 is 0.806. The van der Waals surface area contributed by atoms with Crippen LogP contribution in [0.25, 0.3) is 16.9 Å². The van der Waals surface area contributed by atoms with E-state index in [1.807, 2.05) is 31.2 Å². The molecular formula is C15H13BrO2. The van der Waals surface area contributed by atoms with Crippen LogP contribution in [0.4, 0.5) is 0 Å². The van der Waals surface area contributed by atoms with Crippen LogP contribution >= 0.6 is 15.9 Å². The lowest BCUT2D eigenvalue weighted by Gasteiger charge is -2.11. The second-order valence-electron chi connectivity index (χ2n) is 4.16. The van der Waals surface area contributed by atoms with E-state index in [-0.39, 0.29) is 11.5 Å². The van der Waals surface area contributed by atoms with Crippen LogP contribution in [0.1, 0.15) is 11.1 Å². The van der Waals surface area contributed by atoms with Gasteiger partial charge >= 0.3 is 0 Å². The van der Waals surface area contributed by atoms with Crippen molar-refractivity contribution in [3.8, 4) is 16.9 Å². The van der Waals surface area contributed by atoms with Crippen molar-refractivity contribution in [1.29, 1.82) is 0 Å². The minimum absolute atomic E-state index is 0.00369. The maximum atomic E-state index is 9.98. The highest BCUT2D eigenvalue weighted by Crippen LogP contribution is 2.35. The first-order valence-electron chi connectivity index (χ1n) is 5.47. The zero-order chi connectivity index (χ0) is 13.3. The summed E-state index contributed by atoms with van der Waals surface area (Å²) in [4.78, 5) is 0. The first-order valence-corrected chi connectivity index (χ1v) is 6.26. The molecule has 0 amide bonds. The van der Waals surface area contributed by atoms with Crippen molar-refractivity contribution in [3.05, 3.63) is 58.6 Å². The Kier molecular flexibility index (Phi) is 3.43. The molecule has 0 spiro atoms. The number of phenolic OH excluding ortho intramolecular Hbond substituents is 1. The highest BCUT2D eigenvalue weighted by atomic mass is 79.9. The molecule has 2 aromatic rings. The van der Waals surface area contributed by atoms with E-state index in [1.165, 1.54) is 0 Å². The zero-order valence-corrected chi connectivity index (χ0v) is 11.5. The number of aromatic hydroxyl groups is 1. The van der Waals surface area contributed by atoms with Crippen molar-refractivity contribution in [2.45, 2.75) is 6.92 Å². The number of benzene rings is 2. The van der Waals surface area contributed by atoms with E-state index < -0.39 is 0 Å². The number of hydrogen-bond acceptors (Lipinski definition) is 2. The van der Waals surface area contributed by atoms with Crippen LogP contribution in [0.2, 0.25) is 0 Å². The van der Waals surface area contributed by atoms with Crippen LogP contribution in [0.3, 0.4) is 0 Å². The molecule has 3 heteroatoms. The van der Waals surface area contributed by atoms with Gasteiger partial charge in [0.1, 0.15) is 11.5 Å². The Hall–Kier alpha value is -1.74. The highest BCUT2D eigenvalue weighted by Gasteiger charge is 2.11. The average molecular weight is 305 g/mol. The standard InChI is InChI=1S/C15H13BrO2/c1-9-3-5-12(14(7-9)10(2)17)13-6-4-11(16)8-15(13)18/h3-8,17-18H,2H2,1H3. The summed E-state index contributed by atoms with van der Waals surface area (Å²) in [5.41, 5.74) is 3.09. The summed E-state index contributed by atoms with van der Waals surface area (Å²) in [6.45, 7) is 5.51. The summed E-state index contributed by atoms with van der Waals surface area (Å²) in [6, 6.07) is 10.9. The predicted octanol–water partition coefficient (Wildman–Crippen LogP) is 4.66. The van der Waals surface area contributed by atoms with E-state index in [0.29, 0.717) is 11.1 Å². The molecule has 0 fully saturated rings. The zero-order valence-electron chi connectivity index (χ0n) is 9.94. The van der Waals surface area contributed by atoms with Crippen molar-refractivity contribution in [2.24, 2.45) is 0 Å². The van der Waals surface area contributed by atoms with Gasteiger partial charge in [-0.3, -0.25) is 0 Å². The maximum Gasteiger partial charge on any atom is 0.124 e. The number of halogens is 1. The molecule has 0 aliphatic carbocycles. The summed E-state index contributed by atoms with van der Waals surface area (Å²) in [5.74, 6) is 0.159. The van der Waals surface area contributed by atoms with Crippen LogP contribution < -0.4 is 0 Å². The van der Waals surface area contributed by atoms with Crippen LogP contribution in [-0.2, 0) is 0 Å². The summed E-state index contributed by atoms with van der Waals surface area (Å²) in [5, 5.41) is 19.6. The fraction of sp³-hybridized carbons (Fsp3) is 0.0667. The predicted molar refractivity (Wildman–Crippen MR) is 77.6 cm³/mol. The number of aryl methyl sites for hydroxylation is 1. The Bertz CT molecular complexity index is 618. The topological polar surface area (TPSA) is 40.5 Å². The number of rotatable bonds is 2. The second-order valence-corrected chi connectivity index (χ2v) is 5.07. The molecule has 0 saturated carbocycles. The summed E-state index contributed by atoms with van der Waals surface area (Å²) >= 11 is 3.30. The quantitative estimate of drug-likeness (QED) is 0.792. The van der Waals surface area contributed by atoms with E-state index in [1.54, 1.807) is 12.1 Å². The Morgan fingerprint density at radius 1 is 1.11 bits per heavy atom. The fourth-order valence-electron chi connectivity index (χ4n) is 1.86. The number of aliphatic hydroxyl groups excluding tert-OH is 1. The molecule has 92 valence electrons. The smallest absolute Gasteiger partial charge is 0.124 e. The second kappa shape index (κ2) is 4.86. The minimum Gasteiger partial charge on any atom is -0.508 e. The SMILES string of the molecule is C=C(O)c1cc(C)ccc1-c1ccc(Br)cc1O. The third-order valence-electron chi connectivity index (χ3n) is 2.74. The Morgan fingerprint density at radius 3 is 2.39 bits per heavy atom. The van der Waals surface area contributed by atoms with Gasteiger partial charge in [0.25, 0.3) is 0 Å². The molecule has 18 heavy (non-hydrogen) atoms. The van der Waals surface area contributed by atoms with Crippen LogP contribution in [-0.4, -0.2) is 10.2 Å². The number of phenols is 1. The van der Waals surface area contributed by atoms with Crippen molar-refractivity contribution in [3.63, 3.8) is 0 Å². The third-order valence-corrected chi connectivity index (χ3v) is 3.23. The Morgan fingerprint density at radius 2 is 1.78 bits per heavy atom. The monoisotopic (exact) mass is 304 g/mol. The lowest BCUT2D eigenvalue weighted by Crippen LogP contribution is -1.90. The molecule has 0 atom stereocenters. The third kappa shape index (κ3) is 2.41. The van der Waals surface area contributed by atoms with E-state index >= 15 is 0 Å². The molecular weight excluding hydrogens is 292 g/mol.